The van der Waals surface area contributed by atoms with Gasteiger partial charge in [-0.25, -0.2) is 0 Å². The molecule has 0 aromatic rings. The van der Waals surface area contributed by atoms with Crippen LogP contribution < -0.4 is 11.3 Å². The first-order chi connectivity index (χ1) is 5.05. The van der Waals surface area contributed by atoms with Crippen LogP contribution in [-0.4, -0.2) is 18.8 Å². The Hall–Kier alpha value is -0.120. The van der Waals surface area contributed by atoms with Gasteiger partial charge in [-0.3, -0.25) is 11.3 Å². The van der Waals surface area contributed by atoms with Gasteiger partial charge >= 0.3 is 0 Å². The molecule has 1 unspecified atom stereocenters. The third-order valence-corrected chi connectivity index (χ3v) is 2.02. The maximum atomic E-state index is 5.34. The second-order valence-electron chi connectivity index (χ2n) is 3.44. The van der Waals surface area contributed by atoms with Crippen LogP contribution in [0.5, 0.6) is 0 Å². The number of rotatable bonds is 5. The molecule has 0 heterocycles. The van der Waals surface area contributed by atoms with Crippen molar-refractivity contribution in [2.75, 3.05) is 7.11 Å². The maximum Gasteiger partial charge on any atom is 0.0638 e. The van der Waals surface area contributed by atoms with Gasteiger partial charge < -0.3 is 4.74 Å². The first-order valence-corrected chi connectivity index (χ1v) is 4.07. The molecule has 3 heteroatoms. The van der Waals surface area contributed by atoms with Crippen molar-refractivity contribution in [2.24, 2.45) is 5.84 Å². The monoisotopic (exact) mass is 160 g/mol. The van der Waals surface area contributed by atoms with E-state index in [1.165, 1.54) is 0 Å². The fourth-order valence-corrected chi connectivity index (χ4v) is 0.998. The molecule has 0 rings (SSSR count). The normalized spacial score (nSPS) is 15.0. The number of hydrazine groups is 1. The van der Waals surface area contributed by atoms with E-state index < -0.39 is 0 Å². The fourth-order valence-electron chi connectivity index (χ4n) is 0.998. The highest BCUT2D eigenvalue weighted by atomic mass is 16.5. The van der Waals surface area contributed by atoms with E-state index in [1.54, 1.807) is 7.11 Å². The lowest BCUT2D eigenvalue weighted by molar-refractivity contribution is 0.00676. The predicted octanol–water partition coefficient (Wildman–Crippen LogP) is 1.04. The summed E-state index contributed by atoms with van der Waals surface area (Å²) in [5, 5.41) is 0. The number of hydrogen-bond donors (Lipinski definition) is 2. The molecule has 11 heavy (non-hydrogen) atoms. The number of methoxy groups -OCH3 is 1. The highest BCUT2D eigenvalue weighted by molar-refractivity contribution is 4.75. The molecule has 0 bridgehead atoms. The fraction of sp³-hybridized carbons (Fsp3) is 1.00. The summed E-state index contributed by atoms with van der Waals surface area (Å²) in [6.45, 7) is 6.23. The Bertz CT molecular complexity index is 100. The Morgan fingerprint density at radius 3 is 2.36 bits per heavy atom. The van der Waals surface area contributed by atoms with Crippen LogP contribution in [0.4, 0.5) is 0 Å². The van der Waals surface area contributed by atoms with Crippen molar-refractivity contribution in [1.29, 1.82) is 0 Å². The molecule has 0 spiro atoms. The van der Waals surface area contributed by atoms with Gasteiger partial charge in [0.05, 0.1) is 5.60 Å². The molecule has 3 nitrogen and oxygen atoms in total. The van der Waals surface area contributed by atoms with Crippen molar-refractivity contribution in [3.05, 3.63) is 0 Å². The van der Waals surface area contributed by atoms with Gasteiger partial charge in [-0.05, 0) is 26.7 Å². The van der Waals surface area contributed by atoms with E-state index in [9.17, 15) is 0 Å². The molecular formula is C8H20N2O. The Balaban J connectivity index is 3.79. The molecule has 1 atom stereocenters. The average molecular weight is 160 g/mol. The second kappa shape index (κ2) is 4.70. The van der Waals surface area contributed by atoms with Crippen molar-refractivity contribution in [1.82, 2.24) is 5.43 Å². The van der Waals surface area contributed by atoms with Crippen LogP contribution >= 0.6 is 0 Å². The van der Waals surface area contributed by atoms with E-state index in [2.05, 4.69) is 26.2 Å². The zero-order chi connectivity index (χ0) is 8.91. The molecule has 0 aliphatic heterocycles. The summed E-state index contributed by atoms with van der Waals surface area (Å²) in [6, 6.07) is 0.352. The zero-order valence-electron chi connectivity index (χ0n) is 7.98. The average Bonchev–Trinajstić information content (AvgIpc) is 2.00. The number of ether oxygens (including phenoxy) is 1. The van der Waals surface area contributed by atoms with Gasteiger partial charge in [-0.15, -0.1) is 0 Å². The van der Waals surface area contributed by atoms with E-state index in [0.29, 0.717) is 6.04 Å². The van der Waals surface area contributed by atoms with Crippen molar-refractivity contribution in [2.45, 2.75) is 45.3 Å². The van der Waals surface area contributed by atoms with Gasteiger partial charge in [0.25, 0.3) is 0 Å². The van der Waals surface area contributed by atoms with Crippen LogP contribution in [-0.2, 0) is 4.74 Å². The molecule has 0 fully saturated rings. The Morgan fingerprint density at radius 2 is 2.09 bits per heavy atom. The van der Waals surface area contributed by atoms with Gasteiger partial charge in [0, 0.05) is 13.2 Å². The van der Waals surface area contributed by atoms with Gasteiger partial charge in [0.1, 0.15) is 0 Å². The molecule has 0 amide bonds. The Morgan fingerprint density at radius 1 is 1.55 bits per heavy atom. The van der Waals surface area contributed by atoms with Crippen molar-refractivity contribution >= 4 is 0 Å². The minimum Gasteiger partial charge on any atom is -0.379 e. The minimum atomic E-state index is -0.0763. The molecule has 0 aliphatic carbocycles. The summed E-state index contributed by atoms with van der Waals surface area (Å²) in [6.07, 6.45) is 1.97. The van der Waals surface area contributed by atoms with Gasteiger partial charge in [0.2, 0.25) is 0 Å². The summed E-state index contributed by atoms with van der Waals surface area (Å²) in [7, 11) is 1.73. The van der Waals surface area contributed by atoms with E-state index in [-0.39, 0.29) is 5.60 Å². The first kappa shape index (κ1) is 10.9. The molecule has 0 aliphatic rings. The number of hydrogen-bond acceptors (Lipinski definition) is 3. The molecule has 0 saturated heterocycles. The van der Waals surface area contributed by atoms with Crippen molar-refractivity contribution in [3.63, 3.8) is 0 Å². The van der Waals surface area contributed by atoms with Gasteiger partial charge in [-0.2, -0.15) is 0 Å². The summed E-state index contributed by atoms with van der Waals surface area (Å²) < 4.78 is 5.28. The SMILES string of the molecule is CCC(CC(C)(C)OC)NN. The molecule has 0 radical (unpaired) electrons. The molecule has 68 valence electrons. The summed E-state index contributed by atoms with van der Waals surface area (Å²) >= 11 is 0. The van der Waals surface area contributed by atoms with E-state index in [4.69, 9.17) is 10.6 Å². The summed E-state index contributed by atoms with van der Waals surface area (Å²) in [4.78, 5) is 0. The van der Waals surface area contributed by atoms with Crippen molar-refractivity contribution < 1.29 is 4.74 Å². The van der Waals surface area contributed by atoms with E-state index in [0.717, 1.165) is 12.8 Å². The minimum absolute atomic E-state index is 0.0763. The molecule has 0 aromatic heterocycles. The van der Waals surface area contributed by atoms with Crippen molar-refractivity contribution in [3.8, 4) is 0 Å². The number of nitrogens with one attached hydrogen (secondary N) is 1. The topological polar surface area (TPSA) is 47.3 Å². The Labute approximate surface area is 69.3 Å². The van der Waals surface area contributed by atoms with Crippen LogP contribution in [0.15, 0.2) is 0 Å². The lowest BCUT2D eigenvalue weighted by Gasteiger charge is -2.27. The third-order valence-electron chi connectivity index (χ3n) is 2.02. The first-order valence-electron chi connectivity index (χ1n) is 4.07. The maximum absolute atomic E-state index is 5.34. The largest absolute Gasteiger partial charge is 0.379 e. The predicted molar refractivity (Wildman–Crippen MR) is 47.1 cm³/mol. The standard InChI is InChI=1S/C8H20N2O/c1-5-7(10-9)6-8(2,3)11-4/h7,10H,5-6,9H2,1-4H3. The van der Waals surface area contributed by atoms with Crippen LogP contribution in [0.1, 0.15) is 33.6 Å². The quantitative estimate of drug-likeness (QED) is 0.466. The number of nitrogens with two attached hydrogens (primary N) is 1. The van der Waals surface area contributed by atoms with E-state index in [1.807, 2.05) is 0 Å². The highest BCUT2D eigenvalue weighted by Gasteiger charge is 2.20. The second-order valence-corrected chi connectivity index (χ2v) is 3.44. The van der Waals surface area contributed by atoms with E-state index >= 15 is 0 Å². The van der Waals surface area contributed by atoms with Gasteiger partial charge in [0.15, 0.2) is 0 Å². The Kier molecular flexibility index (Phi) is 4.65. The molecule has 0 aromatic carbocycles. The lowest BCUT2D eigenvalue weighted by Crippen LogP contribution is -2.40. The molecule has 0 saturated carbocycles. The van der Waals surface area contributed by atoms with Crippen LogP contribution in [0.25, 0.3) is 0 Å². The lowest BCUT2D eigenvalue weighted by atomic mass is 9.98. The third kappa shape index (κ3) is 4.35. The highest BCUT2D eigenvalue weighted by Crippen LogP contribution is 2.16. The molecule has 3 N–H and O–H groups in total. The van der Waals surface area contributed by atoms with Gasteiger partial charge in [-0.1, -0.05) is 6.92 Å². The smallest absolute Gasteiger partial charge is 0.0638 e. The van der Waals surface area contributed by atoms with Crippen LogP contribution in [0.2, 0.25) is 0 Å². The summed E-state index contributed by atoms with van der Waals surface area (Å²) in [5.41, 5.74) is 2.69. The zero-order valence-corrected chi connectivity index (χ0v) is 7.98. The molecular weight excluding hydrogens is 140 g/mol. The van der Waals surface area contributed by atoms with Crippen LogP contribution in [0, 0.1) is 0 Å². The summed E-state index contributed by atoms with van der Waals surface area (Å²) in [5.74, 6) is 5.34. The van der Waals surface area contributed by atoms with Crippen LogP contribution in [0.3, 0.4) is 0 Å².